The molecule has 1 aromatic heterocycles. The standard InChI is InChI=1S/C32H42N4O4/c1-31(2,3)40-30(39)35-32(4,5)29(38)34-27(19-24-20-33-26-16-10-9-15-25(24)26)28(37)36-17-11-14-23(21-36)18-22-12-7-6-8-13-22/h6-10,12-13,15-16,20,23,27,33H,11,14,17-19,21H2,1-5H3,(H,34,38)(H,35,39)/t23-,27-/m1/s1. The molecule has 2 aromatic carbocycles. The number of aromatic nitrogens is 1. The predicted molar refractivity (Wildman–Crippen MR) is 157 cm³/mol. The molecule has 8 heteroatoms. The number of nitrogens with zero attached hydrogens (tertiary/aromatic N) is 1. The molecule has 3 amide bonds. The largest absolute Gasteiger partial charge is 0.444 e. The summed E-state index contributed by atoms with van der Waals surface area (Å²) >= 11 is 0. The van der Waals surface area contributed by atoms with Crippen LogP contribution in [0.15, 0.2) is 60.8 Å². The lowest BCUT2D eigenvalue weighted by Crippen LogP contribution is -2.60. The van der Waals surface area contributed by atoms with Crippen molar-refractivity contribution in [2.75, 3.05) is 13.1 Å². The molecule has 2 heterocycles. The SMILES string of the molecule is CC(C)(C)OC(=O)NC(C)(C)C(=O)N[C@H](Cc1c[nH]c2ccccc12)C(=O)N1CCC[C@H](Cc2ccccc2)C1. The fourth-order valence-corrected chi connectivity index (χ4v) is 5.27. The summed E-state index contributed by atoms with van der Waals surface area (Å²) in [6.07, 6.45) is 4.43. The number of alkyl carbamates (subject to hydrolysis) is 1. The maximum Gasteiger partial charge on any atom is 0.408 e. The van der Waals surface area contributed by atoms with E-state index in [2.05, 4.69) is 27.8 Å². The molecule has 3 N–H and O–H groups in total. The van der Waals surface area contributed by atoms with E-state index in [0.29, 0.717) is 25.4 Å². The first-order chi connectivity index (χ1) is 18.9. The number of piperidine rings is 1. The number of hydrogen-bond donors (Lipinski definition) is 3. The molecule has 0 saturated carbocycles. The quantitative estimate of drug-likeness (QED) is 0.371. The van der Waals surface area contributed by atoms with Crippen LogP contribution in [0.25, 0.3) is 10.9 Å². The number of hydrogen-bond acceptors (Lipinski definition) is 4. The number of H-pyrrole nitrogens is 1. The van der Waals surface area contributed by atoms with Crippen molar-refractivity contribution in [3.63, 3.8) is 0 Å². The molecule has 1 aliphatic heterocycles. The molecule has 40 heavy (non-hydrogen) atoms. The summed E-state index contributed by atoms with van der Waals surface area (Å²) in [5.74, 6) is -0.200. The van der Waals surface area contributed by atoms with Crippen LogP contribution in [-0.2, 0) is 27.2 Å². The number of amides is 3. The molecule has 3 aromatic rings. The van der Waals surface area contributed by atoms with Gasteiger partial charge in [-0.25, -0.2) is 4.79 Å². The van der Waals surface area contributed by atoms with Crippen molar-refractivity contribution in [2.45, 2.75) is 77.5 Å². The van der Waals surface area contributed by atoms with Crippen LogP contribution in [0.2, 0.25) is 0 Å². The zero-order valence-electron chi connectivity index (χ0n) is 24.3. The summed E-state index contributed by atoms with van der Waals surface area (Å²) in [5.41, 5.74) is 1.20. The van der Waals surface area contributed by atoms with Gasteiger partial charge in [0, 0.05) is 36.6 Å². The lowest BCUT2D eigenvalue weighted by molar-refractivity contribution is -0.139. The lowest BCUT2D eigenvalue weighted by atomic mass is 9.90. The Morgan fingerprint density at radius 1 is 1.02 bits per heavy atom. The van der Waals surface area contributed by atoms with Gasteiger partial charge in [0.05, 0.1) is 0 Å². The van der Waals surface area contributed by atoms with Crippen LogP contribution in [0.3, 0.4) is 0 Å². The van der Waals surface area contributed by atoms with E-state index in [1.165, 1.54) is 5.56 Å². The van der Waals surface area contributed by atoms with E-state index < -0.39 is 29.2 Å². The minimum Gasteiger partial charge on any atom is -0.444 e. The summed E-state index contributed by atoms with van der Waals surface area (Å²) in [5, 5.41) is 6.65. The third kappa shape index (κ3) is 7.64. The van der Waals surface area contributed by atoms with Crippen molar-refractivity contribution >= 4 is 28.8 Å². The molecule has 0 spiro atoms. The molecule has 0 unspecified atom stereocenters. The van der Waals surface area contributed by atoms with Crippen LogP contribution in [0.5, 0.6) is 0 Å². The minimum absolute atomic E-state index is 0.107. The molecular formula is C32H42N4O4. The second-order valence-corrected chi connectivity index (χ2v) is 12.3. The highest BCUT2D eigenvalue weighted by Gasteiger charge is 2.36. The normalized spacial score (nSPS) is 16.8. The maximum atomic E-state index is 14.0. The van der Waals surface area contributed by atoms with Crippen LogP contribution in [0.4, 0.5) is 4.79 Å². The van der Waals surface area contributed by atoms with E-state index >= 15 is 0 Å². The van der Waals surface area contributed by atoms with Gasteiger partial charge in [-0.3, -0.25) is 9.59 Å². The number of rotatable bonds is 8. The van der Waals surface area contributed by atoms with Crippen LogP contribution in [0, 0.1) is 5.92 Å². The first-order valence-corrected chi connectivity index (χ1v) is 14.1. The summed E-state index contributed by atoms with van der Waals surface area (Å²) in [6.45, 7) is 9.81. The Labute approximate surface area is 236 Å². The number of aromatic amines is 1. The average Bonchev–Trinajstić information content (AvgIpc) is 3.30. The van der Waals surface area contributed by atoms with Crippen molar-refractivity contribution in [1.29, 1.82) is 0 Å². The Kier molecular flexibility index (Phi) is 8.86. The van der Waals surface area contributed by atoms with E-state index in [9.17, 15) is 14.4 Å². The summed E-state index contributed by atoms with van der Waals surface area (Å²) < 4.78 is 5.36. The molecular weight excluding hydrogens is 504 g/mol. The molecule has 1 aliphatic rings. The summed E-state index contributed by atoms with van der Waals surface area (Å²) in [4.78, 5) is 45.1. The second kappa shape index (κ2) is 12.1. The lowest BCUT2D eigenvalue weighted by Gasteiger charge is -2.36. The topological polar surface area (TPSA) is 104 Å². The van der Waals surface area contributed by atoms with Crippen molar-refractivity contribution in [3.05, 3.63) is 71.9 Å². The molecule has 8 nitrogen and oxygen atoms in total. The van der Waals surface area contributed by atoms with E-state index in [-0.39, 0.29) is 5.91 Å². The Balaban J connectivity index is 1.52. The number of ether oxygens (including phenoxy) is 1. The number of carbonyl (C=O) groups is 3. The zero-order chi connectivity index (χ0) is 28.9. The van der Waals surface area contributed by atoms with Crippen molar-refractivity contribution < 1.29 is 19.1 Å². The molecule has 2 atom stereocenters. The van der Waals surface area contributed by atoms with E-state index in [0.717, 1.165) is 35.7 Å². The molecule has 214 valence electrons. The van der Waals surface area contributed by atoms with E-state index in [1.54, 1.807) is 34.6 Å². The van der Waals surface area contributed by atoms with Gasteiger partial charge in [-0.05, 0) is 77.0 Å². The van der Waals surface area contributed by atoms with Gasteiger partial charge in [0.1, 0.15) is 17.2 Å². The third-order valence-electron chi connectivity index (χ3n) is 7.28. The van der Waals surface area contributed by atoms with Crippen LogP contribution in [0.1, 0.15) is 58.6 Å². The Bertz CT molecular complexity index is 1330. The van der Waals surface area contributed by atoms with Gasteiger partial charge < -0.3 is 25.3 Å². The number of carbonyl (C=O) groups excluding carboxylic acids is 3. The minimum atomic E-state index is -1.29. The number of nitrogens with one attached hydrogen (secondary N) is 3. The van der Waals surface area contributed by atoms with Crippen LogP contribution >= 0.6 is 0 Å². The Morgan fingerprint density at radius 3 is 2.45 bits per heavy atom. The fourth-order valence-electron chi connectivity index (χ4n) is 5.27. The highest BCUT2D eigenvalue weighted by Crippen LogP contribution is 2.24. The Morgan fingerprint density at radius 2 is 1.73 bits per heavy atom. The molecule has 0 radical (unpaired) electrons. The maximum absolute atomic E-state index is 14.0. The average molecular weight is 547 g/mol. The predicted octanol–water partition coefficient (Wildman–Crippen LogP) is 4.98. The van der Waals surface area contributed by atoms with Gasteiger partial charge in [0.25, 0.3) is 0 Å². The van der Waals surface area contributed by atoms with Gasteiger partial charge >= 0.3 is 6.09 Å². The second-order valence-electron chi connectivity index (χ2n) is 12.3. The molecule has 1 fully saturated rings. The molecule has 4 rings (SSSR count). The Hall–Kier alpha value is -3.81. The number of benzene rings is 2. The monoisotopic (exact) mass is 546 g/mol. The van der Waals surface area contributed by atoms with Crippen molar-refractivity contribution in [3.8, 4) is 0 Å². The number of para-hydroxylation sites is 1. The third-order valence-corrected chi connectivity index (χ3v) is 7.28. The van der Waals surface area contributed by atoms with Crippen LogP contribution < -0.4 is 10.6 Å². The fraction of sp³-hybridized carbons (Fsp3) is 0.469. The summed E-state index contributed by atoms with van der Waals surface area (Å²) in [7, 11) is 0. The van der Waals surface area contributed by atoms with Gasteiger partial charge in [-0.2, -0.15) is 0 Å². The first-order valence-electron chi connectivity index (χ1n) is 14.1. The molecule has 0 bridgehead atoms. The highest BCUT2D eigenvalue weighted by molar-refractivity contribution is 5.94. The van der Waals surface area contributed by atoms with E-state index in [1.807, 2.05) is 53.6 Å². The van der Waals surface area contributed by atoms with Gasteiger partial charge in [-0.15, -0.1) is 0 Å². The van der Waals surface area contributed by atoms with Gasteiger partial charge in [-0.1, -0.05) is 48.5 Å². The van der Waals surface area contributed by atoms with Crippen LogP contribution in [-0.4, -0.2) is 58.1 Å². The van der Waals surface area contributed by atoms with Gasteiger partial charge in [0.15, 0.2) is 0 Å². The smallest absolute Gasteiger partial charge is 0.408 e. The zero-order valence-corrected chi connectivity index (χ0v) is 24.3. The number of fused-ring (bicyclic) bond motifs is 1. The molecule has 0 aliphatic carbocycles. The van der Waals surface area contributed by atoms with Gasteiger partial charge in [0.2, 0.25) is 11.8 Å². The summed E-state index contributed by atoms with van der Waals surface area (Å²) in [6, 6.07) is 17.5. The number of likely N-dealkylation sites (tertiary alicyclic amines) is 1. The highest BCUT2D eigenvalue weighted by atomic mass is 16.6. The molecule has 1 saturated heterocycles. The van der Waals surface area contributed by atoms with Crippen molar-refractivity contribution in [2.24, 2.45) is 5.92 Å². The van der Waals surface area contributed by atoms with E-state index in [4.69, 9.17) is 4.74 Å². The first kappa shape index (κ1) is 29.2. The van der Waals surface area contributed by atoms with Crippen molar-refractivity contribution in [1.82, 2.24) is 20.5 Å².